The van der Waals surface area contributed by atoms with Crippen molar-refractivity contribution < 1.29 is 26.7 Å². The maximum atomic E-state index is 11.8. The molecule has 0 unspecified atom stereocenters. The van der Waals surface area contributed by atoms with Crippen LogP contribution in [0.5, 0.6) is 0 Å². The second-order valence-electron chi connectivity index (χ2n) is 3.46. The Morgan fingerprint density at radius 3 is 1.59 bits per heavy atom. The van der Waals surface area contributed by atoms with Gasteiger partial charge in [-0.3, -0.25) is 19.6 Å². The maximum Gasteiger partial charge on any atom is 0.235 e. The van der Waals surface area contributed by atoms with Gasteiger partial charge in [-0.15, -0.1) is 0 Å². The largest absolute Gasteiger partial charge is 0.285 e. The first-order chi connectivity index (χ1) is 7.79. The Balaban J connectivity index is 0.00000108. The van der Waals surface area contributed by atoms with Crippen molar-refractivity contribution in [3.63, 3.8) is 0 Å². The summed E-state index contributed by atoms with van der Waals surface area (Å²) in [7, 11) is 0. The number of Topliss-reactive ketones (excluding diaryl/α,β-unsaturated/α-hetero) is 2. The predicted octanol–water partition coefficient (Wildman–Crippen LogP) is 1.52. The van der Waals surface area contributed by atoms with E-state index in [1.807, 2.05) is 0 Å². The first-order valence-corrected chi connectivity index (χ1v) is 4.78. The molecule has 3 rings (SSSR count). The van der Waals surface area contributed by atoms with Crippen molar-refractivity contribution in [1.29, 1.82) is 0 Å². The summed E-state index contributed by atoms with van der Waals surface area (Å²) in [5, 5.41) is 0. The fourth-order valence-corrected chi connectivity index (χ4v) is 1.80. The molecule has 0 bridgehead atoms. The summed E-state index contributed by atoms with van der Waals surface area (Å²) in [6.07, 6.45) is 3.17. The Kier molecular flexibility index (Phi) is 2.88. The summed E-state index contributed by atoms with van der Waals surface area (Å²) >= 11 is 0. The molecule has 2 aromatic rings. The minimum absolute atomic E-state index is 0. The van der Waals surface area contributed by atoms with Crippen LogP contribution in [0, 0.1) is 0 Å². The third kappa shape index (κ3) is 1.60. The molecule has 83 valence electrons. The van der Waals surface area contributed by atoms with Crippen molar-refractivity contribution in [1.82, 2.24) is 9.97 Å². The number of rotatable bonds is 0. The molecule has 2 heterocycles. The second kappa shape index (κ2) is 4.20. The molecule has 2 aromatic heterocycles. The van der Waals surface area contributed by atoms with Gasteiger partial charge in [0.05, 0.1) is 11.1 Å². The van der Waals surface area contributed by atoms with Gasteiger partial charge < -0.3 is 0 Å². The van der Waals surface area contributed by atoms with Crippen LogP contribution in [0.4, 0.5) is 0 Å². The summed E-state index contributed by atoms with van der Waals surface area (Å²) in [4.78, 5) is 31.7. The maximum absolute atomic E-state index is 11.8. The van der Waals surface area contributed by atoms with Gasteiger partial charge in [0.1, 0.15) is 11.4 Å². The van der Waals surface area contributed by atoms with Crippen LogP contribution in [0.3, 0.4) is 0 Å². The van der Waals surface area contributed by atoms with E-state index in [0.29, 0.717) is 22.5 Å². The zero-order valence-corrected chi connectivity index (χ0v) is 9.73. The number of carbonyl (C=O) groups is 2. The molecule has 0 spiro atoms. The van der Waals surface area contributed by atoms with Crippen molar-refractivity contribution in [2.75, 3.05) is 0 Å². The SMILES string of the molecule is O=C1C(=O)c2cccnc2-c2ncccc21.[Mn]. The molecule has 0 amide bonds. The van der Waals surface area contributed by atoms with E-state index in [0.717, 1.165) is 0 Å². The molecule has 5 heteroatoms. The number of ketones is 2. The Morgan fingerprint density at radius 2 is 1.18 bits per heavy atom. The van der Waals surface area contributed by atoms with Gasteiger partial charge in [0.15, 0.2) is 0 Å². The summed E-state index contributed by atoms with van der Waals surface area (Å²) in [5.74, 6) is -1.02. The standard InChI is InChI=1S/C12H6N2O2.Mn/c15-11-7-3-1-5-13-9(7)10-8(12(11)16)4-2-6-14-10;/h1-6H;. The molecular formula is C12H6MnN2O2. The van der Waals surface area contributed by atoms with E-state index in [1.165, 1.54) is 0 Å². The van der Waals surface area contributed by atoms with Gasteiger partial charge in [-0.2, -0.15) is 0 Å². The third-order valence-corrected chi connectivity index (χ3v) is 2.54. The van der Waals surface area contributed by atoms with Crippen molar-refractivity contribution >= 4 is 11.6 Å². The van der Waals surface area contributed by atoms with E-state index in [-0.39, 0.29) is 17.1 Å². The Bertz CT molecular complexity index is 570. The summed E-state index contributed by atoms with van der Waals surface area (Å²) in [6.45, 7) is 0. The topological polar surface area (TPSA) is 59.9 Å². The van der Waals surface area contributed by atoms with E-state index in [4.69, 9.17) is 0 Å². The normalized spacial score (nSPS) is 12.5. The van der Waals surface area contributed by atoms with Crippen molar-refractivity contribution in [3.05, 3.63) is 47.8 Å². The number of pyridine rings is 2. The van der Waals surface area contributed by atoms with Crippen LogP contribution in [0.15, 0.2) is 36.7 Å². The molecule has 0 saturated carbocycles. The number of nitrogens with zero attached hydrogens (tertiary/aromatic N) is 2. The molecule has 0 fully saturated rings. The fourth-order valence-electron chi connectivity index (χ4n) is 1.80. The van der Waals surface area contributed by atoms with Crippen LogP contribution in [-0.4, -0.2) is 21.5 Å². The molecular weight excluding hydrogens is 259 g/mol. The minimum Gasteiger partial charge on any atom is -0.285 e. The number of carbonyl (C=O) groups excluding carboxylic acids is 2. The number of fused-ring (bicyclic) bond motifs is 3. The summed E-state index contributed by atoms with van der Waals surface area (Å²) in [5.41, 5.74) is 1.64. The second-order valence-corrected chi connectivity index (χ2v) is 3.46. The van der Waals surface area contributed by atoms with Gasteiger partial charge in [-0.25, -0.2) is 0 Å². The average molecular weight is 265 g/mol. The number of hydrogen-bond acceptors (Lipinski definition) is 4. The third-order valence-electron chi connectivity index (χ3n) is 2.54. The van der Waals surface area contributed by atoms with Crippen molar-refractivity contribution in [2.24, 2.45) is 0 Å². The molecule has 1 radical (unpaired) electrons. The first kappa shape index (κ1) is 11.6. The molecule has 0 saturated heterocycles. The Hall–Kier alpha value is -1.84. The molecule has 1 aliphatic carbocycles. The van der Waals surface area contributed by atoms with Crippen molar-refractivity contribution in [2.45, 2.75) is 0 Å². The Morgan fingerprint density at radius 1 is 0.765 bits per heavy atom. The van der Waals surface area contributed by atoms with Gasteiger partial charge in [-0.05, 0) is 24.3 Å². The van der Waals surface area contributed by atoms with Crippen LogP contribution in [0.2, 0.25) is 0 Å². The van der Waals surface area contributed by atoms with Gasteiger partial charge >= 0.3 is 0 Å². The predicted molar refractivity (Wildman–Crippen MR) is 56.1 cm³/mol. The first-order valence-electron chi connectivity index (χ1n) is 4.78. The van der Waals surface area contributed by atoms with E-state index < -0.39 is 11.6 Å². The van der Waals surface area contributed by atoms with E-state index in [9.17, 15) is 9.59 Å². The van der Waals surface area contributed by atoms with E-state index in [2.05, 4.69) is 9.97 Å². The van der Waals surface area contributed by atoms with Crippen LogP contribution in [0.25, 0.3) is 11.4 Å². The van der Waals surface area contributed by atoms with Gasteiger partial charge in [-0.1, -0.05) is 0 Å². The summed E-state index contributed by atoms with van der Waals surface area (Å²) < 4.78 is 0. The Labute approximate surface area is 108 Å². The van der Waals surface area contributed by atoms with E-state index in [1.54, 1.807) is 36.7 Å². The number of hydrogen-bond donors (Lipinski definition) is 0. The van der Waals surface area contributed by atoms with Crippen LogP contribution in [-0.2, 0) is 17.1 Å². The zero-order chi connectivity index (χ0) is 11.1. The van der Waals surface area contributed by atoms with Gasteiger partial charge in [0, 0.05) is 29.5 Å². The fraction of sp³-hybridized carbons (Fsp3) is 0. The molecule has 17 heavy (non-hydrogen) atoms. The zero-order valence-electron chi connectivity index (χ0n) is 8.55. The minimum atomic E-state index is -0.511. The molecule has 0 atom stereocenters. The van der Waals surface area contributed by atoms with Gasteiger partial charge in [0.25, 0.3) is 0 Å². The van der Waals surface area contributed by atoms with Crippen LogP contribution >= 0.6 is 0 Å². The average Bonchev–Trinajstić information content (AvgIpc) is 2.36. The quantitative estimate of drug-likeness (QED) is 0.535. The van der Waals surface area contributed by atoms with Crippen molar-refractivity contribution in [3.8, 4) is 11.4 Å². The van der Waals surface area contributed by atoms with E-state index >= 15 is 0 Å². The van der Waals surface area contributed by atoms with Gasteiger partial charge in [0.2, 0.25) is 11.6 Å². The van der Waals surface area contributed by atoms with Crippen LogP contribution in [0.1, 0.15) is 20.7 Å². The molecule has 0 N–H and O–H groups in total. The molecule has 0 aromatic carbocycles. The smallest absolute Gasteiger partial charge is 0.235 e. The summed E-state index contributed by atoms with van der Waals surface area (Å²) in [6, 6.07) is 6.47. The molecule has 4 nitrogen and oxygen atoms in total. The molecule has 0 aliphatic heterocycles. The number of aromatic nitrogens is 2. The monoisotopic (exact) mass is 265 g/mol. The molecule has 1 aliphatic rings. The van der Waals surface area contributed by atoms with Crippen LogP contribution < -0.4 is 0 Å².